The van der Waals surface area contributed by atoms with Crippen LogP contribution < -0.4 is 10.2 Å². The minimum absolute atomic E-state index is 0.128. The number of nitrogens with zero attached hydrogens (tertiary/aromatic N) is 4. The van der Waals surface area contributed by atoms with Gasteiger partial charge >= 0.3 is 0 Å². The molecule has 5 nitrogen and oxygen atoms in total. The summed E-state index contributed by atoms with van der Waals surface area (Å²) >= 11 is 0. The summed E-state index contributed by atoms with van der Waals surface area (Å²) in [5, 5.41) is 11.9. The van der Waals surface area contributed by atoms with Crippen LogP contribution in [0.5, 0.6) is 0 Å². The maximum Gasteiger partial charge on any atom is 0.137 e. The van der Waals surface area contributed by atoms with E-state index in [0.717, 1.165) is 23.0 Å². The molecule has 0 fully saturated rings. The van der Waals surface area contributed by atoms with E-state index in [9.17, 15) is 0 Å². The summed E-state index contributed by atoms with van der Waals surface area (Å²) in [5.74, 6) is 2.84. The number of nitriles is 1. The Morgan fingerprint density at radius 1 is 1.32 bits per heavy atom. The molecule has 0 saturated carbocycles. The molecule has 0 amide bonds. The van der Waals surface area contributed by atoms with E-state index in [1.807, 2.05) is 32.8 Å². The van der Waals surface area contributed by atoms with Crippen molar-refractivity contribution in [1.29, 1.82) is 5.26 Å². The van der Waals surface area contributed by atoms with Gasteiger partial charge in [0.1, 0.15) is 17.5 Å². The molecule has 5 heteroatoms. The molecule has 0 bridgehead atoms. The third-order valence-electron chi connectivity index (χ3n) is 3.27. The van der Waals surface area contributed by atoms with Crippen LogP contribution in [-0.2, 0) is 0 Å². The van der Waals surface area contributed by atoms with Crippen molar-refractivity contribution >= 4 is 11.6 Å². The van der Waals surface area contributed by atoms with Crippen molar-refractivity contribution in [3.05, 3.63) is 11.4 Å². The Balaban J connectivity index is 3.25. The number of nitrogens with one attached hydrogen (secondary N) is 1. The highest BCUT2D eigenvalue weighted by molar-refractivity contribution is 5.58. The van der Waals surface area contributed by atoms with Crippen LogP contribution in [0.3, 0.4) is 0 Å². The Kier molecular flexibility index (Phi) is 5.11. The van der Waals surface area contributed by atoms with Crippen molar-refractivity contribution in [2.45, 2.75) is 46.1 Å². The van der Waals surface area contributed by atoms with Crippen molar-refractivity contribution in [1.82, 2.24) is 9.97 Å². The van der Waals surface area contributed by atoms with Gasteiger partial charge in [0.2, 0.25) is 0 Å². The fraction of sp³-hybridized carbons (Fsp3) is 0.643. The van der Waals surface area contributed by atoms with E-state index in [4.69, 9.17) is 5.26 Å². The lowest BCUT2D eigenvalue weighted by Crippen LogP contribution is -2.30. The SMILES string of the molecule is CNc1nc(C(C)C)nc(N(C)C(C)CC#N)c1C. The van der Waals surface area contributed by atoms with Gasteiger partial charge in [-0.3, -0.25) is 0 Å². The number of aromatic nitrogens is 2. The first-order valence-electron chi connectivity index (χ1n) is 6.58. The summed E-state index contributed by atoms with van der Waals surface area (Å²) in [7, 11) is 3.84. The van der Waals surface area contributed by atoms with E-state index in [1.54, 1.807) is 0 Å². The largest absolute Gasteiger partial charge is 0.373 e. The quantitative estimate of drug-likeness (QED) is 0.882. The monoisotopic (exact) mass is 261 g/mol. The average Bonchev–Trinajstić information content (AvgIpc) is 2.38. The lowest BCUT2D eigenvalue weighted by molar-refractivity contribution is 0.680. The minimum atomic E-state index is 0.128. The van der Waals surface area contributed by atoms with Gasteiger partial charge in [0.05, 0.1) is 12.5 Å². The zero-order valence-electron chi connectivity index (χ0n) is 12.7. The standard InChI is InChI=1S/C14H23N5/c1-9(2)12-17-13(16-5)11(4)14(18-12)19(6)10(3)7-8-15/h9-10H,7H2,1-6H3,(H,16,17,18). The molecule has 0 aliphatic carbocycles. The molecule has 1 aromatic rings. The molecule has 0 aromatic carbocycles. The summed E-state index contributed by atoms with van der Waals surface area (Å²) in [6, 6.07) is 2.33. The summed E-state index contributed by atoms with van der Waals surface area (Å²) in [4.78, 5) is 11.2. The zero-order chi connectivity index (χ0) is 14.6. The maximum absolute atomic E-state index is 8.82. The Hall–Kier alpha value is -1.83. The summed E-state index contributed by atoms with van der Waals surface area (Å²) in [6.07, 6.45) is 0.478. The van der Waals surface area contributed by atoms with E-state index in [0.29, 0.717) is 6.42 Å². The van der Waals surface area contributed by atoms with Gasteiger partial charge in [-0.25, -0.2) is 9.97 Å². The van der Waals surface area contributed by atoms with E-state index in [-0.39, 0.29) is 12.0 Å². The molecule has 1 heterocycles. The lowest BCUT2D eigenvalue weighted by Gasteiger charge is -2.27. The average molecular weight is 261 g/mol. The second-order valence-electron chi connectivity index (χ2n) is 5.11. The van der Waals surface area contributed by atoms with Crippen LogP contribution in [-0.4, -0.2) is 30.1 Å². The Labute approximate surface area is 115 Å². The third kappa shape index (κ3) is 3.34. The lowest BCUT2D eigenvalue weighted by atomic mass is 10.1. The number of rotatable bonds is 5. The molecular formula is C14H23N5. The van der Waals surface area contributed by atoms with Crippen molar-refractivity contribution in [2.24, 2.45) is 0 Å². The first kappa shape index (κ1) is 15.2. The predicted molar refractivity (Wildman–Crippen MR) is 78.5 cm³/mol. The molecule has 0 saturated heterocycles. The van der Waals surface area contributed by atoms with E-state index < -0.39 is 0 Å². The Morgan fingerprint density at radius 2 is 1.95 bits per heavy atom. The van der Waals surface area contributed by atoms with Crippen LogP contribution in [0.4, 0.5) is 11.6 Å². The second kappa shape index (κ2) is 6.37. The molecule has 0 spiro atoms. The third-order valence-corrected chi connectivity index (χ3v) is 3.27. The van der Waals surface area contributed by atoms with Crippen LogP contribution in [0.1, 0.15) is 44.5 Å². The summed E-state index contributed by atoms with van der Waals surface area (Å²) < 4.78 is 0. The van der Waals surface area contributed by atoms with Crippen LogP contribution in [0, 0.1) is 18.3 Å². The van der Waals surface area contributed by atoms with Gasteiger partial charge in [-0.2, -0.15) is 5.26 Å². The summed E-state index contributed by atoms with van der Waals surface area (Å²) in [5.41, 5.74) is 1.01. The van der Waals surface area contributed by atoms with Gasteiger partial charge in [0.15, 0.2) is 0 Å². The molecule has 1 rings (SSSR count). The second-order valence-corrected chi connectivity index (χ2v) is 5.11. The topological polar surface area (TPSA) is 64.8 Å². The zero-order valence-corrected chi connectivity index (χ0v) is 12.7. The fourth-order valence-corrected chi connectivity index (χ4v) is 1.84. The Bertz CT molecular complexity index is 475. The highest BCUT2D eigenvalue weighted by atomic mass is 15.2. The molecule has 1 N–H and O–H groups in total. The van der Waals surface area contributed by atoms with Crippen LogP contribution in [0.25, 0.3) is 0 Å². The molecule has 1 unspecified atom stereocenters. The summed E-state index contributed by atoms with van der Waals surface area (Å²) in [6.45, 7) is 8.18. The number of hydrogen-bond acceptors (Lipinski definition) is 5. The van der Waals surface area contributed by atoms with E-state index in [2.05, 4.69) is 35.2 Å². The molecule has 0 radical (unpaired) electrons. The molecule has 0 aliphatic rings. The first-order chi connectivity index (χ1) is 8.92. The van der Waals surface area contributed by atoms with Gasteiger partial charge < -0.3 is 10.2 Å². The van der Waals surface area contributed by atoms with Crippen LogP contribution in [0.15, 0.2) is 0 Å². The highest BCUT2D eigenvalue weighted by Crippen LogP contribution is 2.26. The van der Waals surface area contributed by atoms with E-state index in [1.165, 1.54) is 0 Å². The molecule has 19 heavy (non-hydrogen) atoms. The van der Waals surface area contributed by atoms with Crippen molar-refractivity contribution in [3.8, 4) is 6.07 Å². The highest BCUT2D eigenvalue weighted by Gasteiger charge is 2.18. The van der Waals surface area contributed by atoms with Gasteiger partial charge in [-0.05, 0) is 13.8 Å². The molecule has 0 aliphatic heterocycles. The molecular weight excluding hydrogens is 238 g/mol. The van der Waals surface area contributed by atoms with Gasteiger partial charge in [0.25, 0.3) is 0 Å². The van der Waals surface area contributed by atoms with Crippen molar-refractivity contribution in [2.75, 3.05) is 24.3 Å². The number of anilines is 2. The molecule has 1 atom stereocenters. The first-order valence-corrected chi connectivity index (χ1v) is 6.58. The van der Waals surface area contributed by atoms with E-state index >= 15 is 0 Å². The normalized spacial score (nSPS) is 12.1. The Morgan fingerprint density at radius 3 is 2.42 bits per heavy atom. The maximum atomic E-state index is 8.82. The van der Waals surface area contributed by atoms with Gasteiger partial charge in [0, 0.05) is 31.6 Å². The van der Waals surface area contributed by atoms with Crippen molar-refractivity contribution in [3.63, 3.8) is 0 Å². The fourth-order valence-electron chi connectivity index (χ4n) is 1.84. The smallest absolute Gasteiger partial charge is 0.137 e. The van der Waals surface area contributed by atoms with Crippen molar-refractivity contribution < 1.29 is 0 Å². The minimum Gasteiger partial charge on any atom is -0.373 e. The van der Waals surface area contributed by atoms with Crippen LogP contribution in [0.2, 0.25) is 0 Å². The molecule has 104 valence electrons. The van der Waals surface area contributed by atoms with Gasteiger partial charge in [-0.1, -0.05) is 13.8 Å². The number of hydrogen-bond donors (Lipinski definition) is 1. The van der Waals surface area contributed by atoms with Crippen LogP contribution >= 0.6 is 0 Å². The van der Waals surface area contributed by atoms with Gasteiger partial charge in [-0.15, -0.1) is 0 Å². The predicted octanol–water partition coefficient (Wildman–Crippen LogP) is 2.69. The molecule has 1 aromatic heterocycles.